The average molecular weight is 348 g/mol. The van der Waals surface area contributed by atoms with Crippen LogP contribution in [-0.2, 0) is 13.1 Å². The summed E-state index contributed by atoms with van der Waals surface area (Å²) in [5, 5.41) is 8.05. The number of nitrogens with zero attached hydrogens (tertiary/aromatic N) is 3. The van der Waals surface area contributed by atoms with Crippen LogP contribution < -0.4 is 0 Å². The molecule has 0 amide bonds. The molecule has 0 aliphatic rings. The van der Waals surface area contributed by atoms with E-state index in [-0.39, 0.29) is 0 Å². The topological polar surface area (TPSA) is 55.3 Å². The van der Waals surface area contributed by atoms with E-state index in [4.69, 9.17) is 8.83 Å². The second-order valence-corrected chi connectivity index (χ2v) is 5.54. The van der Waals surface area contributed by atoms with E-state index in [1.807, 2.05) is 25.2 Å². The molecule has 0 spiro atoms. The Kier molecular flexibility index (Phi) is 4.17. The van der Waals surface area contributed by atoms with E-state index in [2.05, 4.69) is 43.2 Å². The standard InChI is InChI=1S/C15H14BrN3O2/c1-19(9-11-5-3-2-4-6-11)10-14-17-18-15(21-14)12-7-8-13(16)20-12/h2-8H,9-10H2,1H3. The molecule has 0 saturated carbocycles. The van der Waals surface area contributed by atoms with Crippen molar-refractivity contribution in [2.45, 2.75) is 13.1 Å². The lowest BCUT2D eigenvalue weighted by atomic mass is 10.2. The molecule has 6 heteroatoms. The summed E-state index contributed by atoms with van der Waals surface area (Å²) in [6.07, 6.45) is 0. The monoisotopic (exact) mass is 347 g/mol. The van der Waals surface area contributed by atoms with Crippen molar-refractivity contribution in [1.29, 1.82) is 0 Å². The number of halogens is 1. The number of rotatable bonds is 5. The van der Waals surface area contributed by atoms with Crippen molar-refractivity contribution in [2.75, 3.05) is 7.05 Å². The second kappa shape index (κ2) is 6.24. The fourth-order valence-electron chi connectivity index (χ4n) is 2.03. The van der Waals surface area contributed by atoms with Crippen LogP contribution in [0.1, 0.15) is 11.5 Å². The Morgan fingerprint density at radius 1 is 1.00 bits per heavy atom. The fraction of sp³-hybridized carbons (Fsp3) is 0.200. The summed E-state index contributed by atoms with van der Waals surface area (Å²) in [7, 11) is 2.01. The van der Waals surface area contributed by atoms with E-state index in [0.717, 1.165) is 6.54 Å². The van der Waals surface area contributed by atoms with Gasteiger partial charge in [-0.3, -0.25) is 4.90 Å². The van der Waals surface area contributed by atoms with Gasteiger partial charge < -0.3 is 8.83 Å². The van der Waals surface area contributed by atoms with Gasteiger partial charge in [0.15, 0.2) is 10.4 Å². The molecular weight excluding hydrogens is 334 g/mol. The number of benzene rings is 1. The lowest BCUT2D eigenvalue weighted by Crippen LogP contribution is -2.17. The molecule has 2 heterocycles. The largest absolute Gasteiger partial charge is 0.444 e. The first-order valence-electron chi connectivity index (χ1n) is 6.51. The molecule has 0 bridgehead atoms. The molecule has 5 nitrogen and oxygen atoms in total. The predicted molar refractivity (Wildman–Crippen MR) is 81.3 cm³/mol. The minimum atomic E-state index is 0.392. The summed E-state index contributed by atoms with van der Waals surface area (Å²) in [5.41, 5.74) is 1.25. The molecule has 0 fully saturated rings. The van der Waals surface area contributed by atoms with Crippen LogP contribution in [0.4, 0.5) is 0 Å². The maximum absolute atomic E-state index is 5.61. The Hall–Kier alpha value is -1.92. The van der Waals surface area contributed by atoms with Crippen LogP contribution in [0.2, 0.25) is 0 Å². The molecule has 0 N–H and O–H groups in total. The molecule has 0 atom stereocenters. The number of aromatic nitrogens is 2. The smallest absolute Gasteiger partial charge is 0.283 e. The highest BCUT2D eigenvalue weighted by atomic mass is 79.9. The Morgan fingerprint density at radius 2 is 1.81 bits per heavy atom. The van der Waals surface area contributed by atoms with Gasteiger partial charge in [0.25, 0.3) is 5.89 Å². The van der Waals surface area contributed by atoms with E-state index < -0.39 is 0 Å². The van der Waals surface area contributed by atoms with Crippen LogP contribution in [0.5, 0.6) is 0 Å². The third-order valence-corrected chi connectivity index (χ3v) is 3.38. The van der Waals surface area contributed by atoms with Gasteiger partial charge in [-0.15, -0.1) is 10.2 Å². The van der Waals surface area contributed by atoms with E-state index in [0.29, 0.717) is 28.8 Å². The minimum Gasteiger partial charge on any atom is -0.444 e. The maximum Gasteiger partial charge on any atom is 0.283 e. The molecule has 3 rings (SSSR count). The van der Waals surface area contributed by atoms with Crippen molar-refractivity contribution in [3.63, 3.8) is 0 Å². The third kappa shape index (κ3) is 3.59. The van der Waals surface area contributed by atoms with E-state index >= 15 is 0 Å². The highest BCUT2D eigenvalue weighted by Gasteiger charge is 2.13. The molecule has 0 unspecified atom stereocenters. The van der Waals surface area contributed by atoms with Crippen LogP contribution in [-0.4, -0.2) is 22.1 Å². The van der Waals surface area contributed by atoms with Crippen LogP contribution in [0.25, 0.3) is 11.7 Å². The summed E-state index contributed by atoms with van der Waals surface area (Å²) >= 11 is 3.25. The molecule has 2 aromatic heterocycles. The van der Waals surface area contributed by atoms with Gasteiger partial charge in [-0.05, 0) is 40.7 Å². The van der Waals surface area contributed by atoms with Crippen molar-refractivity contribution in [2.24, 2.45) is 0 Å². The Labute approximate surface area is 130 Å². The predicted octanol–water partition coefficient (Wildman–Crippen LogP) is 3.72. The van der Waals surface area contributed by atoms with Gasteiger partial charge in [-0.1, -0.05) is 30.3 Å². The van der Waals surface area contributed by atoms with E-state index in [9.17, 15) is 0 Å². The quantitative estimate of drug-likeness (QED) is 0.703. The second-order valence-electron chi connectivity index (χ2n) is 4.76. The highest BCUT2D eigenvalue weighted by Crippen LogP contribution is 2.24. The van der Waals surface area contributed by atoms with Crippen molar-refractivity contribution >= 4 is 15.9 Å². The average Bonchev–Trinajstić information content (AvgIpc) is 3.09. The van der Waals surface area contributed by atoms with Crippen LogP contribution in [0.3, 0.4) is 0 Å². The van der Waals surface area contributed by atoms with Crippen molar-refractivity contribution in [3.05, 3.63) is 58.6 Å². The first-order valence-corrected chi connectivity index (χ1v) is 7.30. The number of furan rings is 1. The molecular formula is C15H14BrN3O2. The lowest BCUT2D eigenvalue weighted by molar-refractivity contribution is 0.282. The van der Waals surface area contributed by atoms with Gasteiger partial charge in [-0.25, -0.2) is 0 Å². The maximum atomic E-state index is 5.61. The molecule has 21 heavy (non-hydrogen) atoms. The van der Waals surface area contributed by atoms with Crippen molar-refractivity contribution < 1.29 is 8.83 Å². The zero-order valence-electron chi connectivity index (χ0n) is 11.5. The van der Waals surface area contributed by atoms with E-state index in [1.54, 1.807) is 12.1 Å². The van der Waals surface area contributed by atoms with Gasteiger partial charge in [-0.2, -0.15) is 0 Å². The Morgan fingerprint density at radius 3 is 2.52 bits per heavy atom. The van der Waals surface area contributed by atoms with Gasteiger partial charge in [0.2, 0.25) is 5.89 Å². The fourth-order valence-corrected chi connectivity index (χ4v) is 2.33. The summed E-state index contributed by atoms with van der Waals surface area (Å²) in [6.45, 7) is 1.41. The van der Waals surface area contributed by atoms with Crippen molar-refractivity contribution in [1.82, 2.24) is 15.1 Å². The zero-order chi connectivity index (χ0) is 14.7. The molecule has 108 valence electrons. The first kappa shape index (κ1) is 14.0. The zero-order valence-corrected chi connectivity index (χ0v) is 13.1. The Bertz CT molecular complexity index is 709. The number of hydrogen-bond donors (Lipinski definition) is 0. The van der Waals surface area contributed by atoms with Gasteiger partial charge in [0.1, 0.15) is 0 Å². The first-order chi connectivity index (χ1) is 10.2. The summed E-state index contributed by atoms with van der Waals surface area (Å²) in [4.78, 5) is 2.12. The minimum absolute atomic E-state index is 0.392. The third-order valence-electron chi connectivity index (χ3n) is 2.95. The highest BCUT2D eigenvalue weighted by molar-refractivity contribution is 9.10. The number of hydrogen-bond acceptors (Lipinski definition) is 5. The van der Waals surface area contributed by atoms with Gasteiger partial charge >= 0.3 is 0 Å². The van der Waals surface area contributed by atoms with Crippen molar-refractivity contribution in [3.8, 4) is 11.7 Å². The van der Waals surface area contributed by atoms with Crippen LogP contribution >= 0.6 is 15.9 Å². The molecule has 0 aliphatic carbocycles. The molecule has 1 aromatic carbocycles. The van der Waals surface area contributed by atoms with E-state index in [1.165, 1.54) is 5.56 Å². The summed E-state index contributed by atoms with van der Waals surface area (Å²) < 4.78 is 11.6. The SMILES string of the molecule is CN(Cc1ccccc1)Cc1nnc(-c2ccc(Br)o2)o1. The summed E-state index contributed by atoms with van der Waals surface area (Å²) in [5.74, 6) is 1.52. The van der Waals surface area contributed by atoms with Crippen LogP contribution in [0.15, 0.2) is 56.0 Å². The molecule has 0 radical (unpaired) electrons. The van der Waals surface area contributed by atoms with Gasteiger partial charge in [0.05, 0.1) is 6.54 Å². The normalized spacial score (nSPS) is 11.2. The lowest BCUT2D eigenvalue weighted by Gasteiger charge is -2.13. The molecule has 3 aromatic rings. The van der Waals surface area contributed by atoms with Crippen LogP contribution in [0, 0.1) is 0 Å². The molecule has 0 saturated heterocycles. The van der Waals surface area contributed by atoms with Gasteiger partial charge in [0, 0.05) is 6.54 Å². The molecule has 0 aliphatic heterocycles. The Balaban J connectivity index is 1.64. The summed E-state index contributed by atoms with van der Waals surface area (Å²) in [6, 6.07) is 13.8.